The van der Waals surface area contributed by atoms with Crippen LogP contribution in [0.25, 0.3) is 0 Å². The van der Waals surface area contributed by atoms with E-state index in [0.29, 0.717) is 11.5 Å². The maximum absolute atomic E-state index is 12.4. The molecule has 0 heterocycles. The van der Waals surface area contributed by atoms with E-state index in [1.165, 1.54) is 6.92 Å². The summed E-state index contributed by atoms with van der Waals surface area (Å²) in [7, 11) is 3.12. The molecular weight excluding hydrogens is 318 g/mol. The van der Waals surface area contributed by atoms with Crippen LogP contribution in [0.15, 0.2) is 48.5 Å². The zero-order chi connectivity index (χ0) is 18.2. The van der Waals surface area contributed by atoms with E-state index in [1.807, 2.05) is 36.4 Å². The second kappa shape index (κ2) is 8.87. The Hall–Kier alpha value is -2.82. The van der Waals surface area contributed by atoms with Gasteiger partial charge in [0.2, 0.25) is 5.91 Å². The fourth-order valence-corrected chi connectivity index (χ4v) is 2.65. The molecule has 1 amide bonds. The molecule has 0 radical (unpaired) electrons. The monoisotopic (exact) mass is 341 g/mol. The van der Waals surface area contributed by atoms with Crippen LogP contribution in [-0.2, 0) is 16.0 Å². The van der Waals surface area contributed by atoms with Crippen LogP contribution in [0.1, 0.15) is 30.5 Å². The molecule has 1 N–H and O–H groups in total. The van der Waals surface area contributed by atoms with E-state index < -0.39 is 0 Å². The van der Waals surface area contributed by atoms with Crippen LogP contribution < -0.4 is 14.8 Å². The standard InChI is InChI=1S/C20H23NO4/c1-14(22)11-17(16-7-5-4-6-8-16)21-20(23)13-15-9-10-18(24-2)19(12-15)25-3/h4-10,12,17H,11,13H2,1-3H3,(H,21,23)/t17-/m0/s1. The Balaban J connectivity index is 2.09. The van der Waals surface area contributed by atoms with Gasteiger partial charge in [0.05, 0.1) is 26.7 Å². The fourth-order valence-electron chi connectivity index (χ4n) is 2.65. The Labute approximate surface area is 148 Å². The quantitative estimate of drug-likeness (QED) is 0.801. The van der Waals surface area contributed by atoms with Gasteiger partial charge in [0, 0.05) is 6.42 Å². The van der Waals surface area contributed by atoms with Crippen molar-refractivity contribution in [2.75, 3.05) is 14.2 Å². The average Bonchev–Trinajstić information content (AvgIpc) is 2.61. The summed E-state index contributed by atoms with van der Waals surface area (Å²) in [6.07, 6.45) is 0.462. The lowest BCUT2D eigenvalue weighted by Crippen LogP contribution is -2.31. The summed E-state index contributed by atoms with van der Waals surface area (Å²) in [5, 5.41) is 2.95. The lowest BCUT2D eigenvalue weighted by Gasteiger charge is -2.18. The van der Waals surface area contributed by atoms with E-state index in [9.17, 15) is 9.59 Å². The van der Waals surface area contributed by atoms with E-state index >= 15 is 0 Å². The maximum atomic E-state index is 12.4. The van der Waals surface area contributed by atoms with Crippen LogP contribution in [0.4, 0.5) is 0 Å². The Morgan fingerprint density at radius 2 is 1.68 bits per heavy atom. The first kappa shape index (κ1) is 18.5. The van der Waals surface area contributed by atoms with Crippen LogP contribution in [0, 0.1) is 0 Å². The topological polar surface area (TPSA) is 64.6 Å². The highest BCUT2D eigenvalue weighted by Crippen LogP contribution is 2.27. The van der Waals surface area contributed by atoms with Crippen molar-refractivity contribution in [2.24, 2.45) is 0 Å². The minimum Gasteiger partial charge on any atom is -0.493 e. The van der Waals surface area contributed by atoms with E-state index in [2.05, 4.69) is 5.32 Å². The summed E-state index contributed by atoms with van der Waals surface area (Å²) in [5.74, 6) is 1.07. The summed E-state index contributed by atoms with van der Waals surface area (Å²) < 4.78 is 10.5. The Morgan fingerprint density at radius 1 is 1.00 bits per heavy atom. The molecule has 132 valence electrons. The predicted molar refractivity (Wildman–Crippen MR) is 95.9 cm³/mol. The number of benzene rings is 2. The number of hydrogen-bond donors (Lipinski definition) is 1. The van der Waals surface area contributed by atoms with Crippen LogP contribution in [0.5, 0.6) is 11.5 Å². The molecule has 0 fully saturated rings. The number of nitrogens with one attached hydrogen (secondary N) is 1. The molecule has 1 atom stereocenters. The van der Waals surface area contributed by atoms with E-state index in [0.717, 1.165) is 11.1 Å². The van der Waals surface area contributed by atoms with Gasteiger partial charge in [-0.1, -0.05) is 36.4 Å². The van der Waals surface area contributed by atoms with Gasteiger partial charge in [-0.15, -0.1) is 0 Å². The third kappa shape index (κ3) is 5.35. The zero-order valence-corrected chi connectivity index (χ0v) is 14.7. The molecule has 0 aliphatic rings. The first-order valence-electron chi connectivity index (χ1n) is 8.08. The van der Waals surface area contributed by atoms with Crippen LogP contribution in [-0.4, -0.2) is 25.9 Å². The number of ether oxygens (including phenoxy) is 2. The Kier molecular flexibility index (Phi) is 6.57. The highest BCUT2D eigenvalue weighted by atomic mass is 16.5. The largest absolute Gasteiger partial charge is 0.493 e. The predicted octanol–water partition coefficient (Wildman–Crippen LogP) is 3.08. The highest BCUT2D eigenvalue weighted by Gasteiger charge is 2.17. The molecule has 0 spiro atoms. The third-order valence-corrected chi connectivity index (χ3v) is 3.84. The molecule has 2 aromatic rings. The number of Topliss-reactive ketones (excluding diaryl/α,β-unsaturated/α-hetero) is 1. The molecule has 0 aromatic heterocycles. The van der Waals surface area contributed by atoms with Crippen molar-refractivity contribution < 1.29 is 19.1 Å². The van der Waals surface area contributed by atoms with Crippen molar-refractivity contribution in [2.45, 2.75) is 25.8 Å². The van der Waals surface area contributed by atoms with Gasteiger partial charge in [0.25, 0.3) is 0 Å². The van der Waals surface area contributed by atoms with Gasteiger partial charge < -0.3 is 14.8 Å². The Bertz CT molecular complexity index is 728. The molecule has 0 aliphatic heterocycles. The molecule has 0 saturated heterocycles. The van der Waals surface area contributed by atoms with Gasteiger partial charge >= 0.3 is 0 Å². The number of amides is 1. The normalized spacial score (nSPS) is 11.5. The smallest absolute Gasteiger partial charge is 0.224 e. The average molecular weight is 341 g/mol. The molecule has 25 heavy (non-hydrogen) atoms. The van der Waals surface area contributed by atoms with Gasteiger partial charge in [-0.05, 0) is 30.2 Å². The molecule has 0 bridgehead atoms. The summed E-state index contributed by atoms with van der Waals surface area (Å²) in [5.41, 5.74) is 1.73. The van der Waals surface area contributed by atoms with Gasteiger partial charge in [0.15, 0.2) is 11.5 Å². The van der Waals surface area contributed by atoms with Crippen molar-refractivity contribution in [3.05, 3.63) is 59.7 Å². The number of carbonyl (C=O) groups is 2. The van der Waals surface area contributed by atoms with Crippen LogP contribution in [0.2, 0.25) is 0 Å². The van der Waals surface area contributed by atoms with E-state index in [1.54, 1.807) is 26.4 Å². The van der Waals surface area contributed by atoms with E-state index in [4.69, 9.17) is 9.47 Å². The molecule has 5 heteroatoms. The summed E-state index contributed by atoms with van der Waals surface area (Å²) in [4.78, 5) is 24.0. The van der Waals surface area contributed by atoms with Crippen molar-refractivity contribution in [1.29, 1.82) is 0 Å². The second-order valence-electron chi connectivity index (χ2n) is 5.80. The third-order valence-electron chi connectivity index (χ3n) is 3.84. The van der Waals surface area contributed by atoms with Gasteiger partial charge in [-0.3, -0.25) is 9.59 Å². The number of rotatable bonds is 8. The van der Waals surface area contributed by atoms with Gasteiger partial charge in [-0.2, -0.15) is 0 Å². The minimum atomic E-state index is -0.327. The number of methoxy groups -OCH3 is 2. The highest BCUT2D eigenvalue weighted by molar-refractivity contribution is 5.81. The van der Waals surface area contributed by atoms with Gasteiger partial charge in [-0.25, -0.2) is 0 Å². The molecule has 5 nitrogen and oxygen atoms in total. The minimum absolute atomic E-state index is 0.0280. The zero-order valence-electron chi connectivity index (χ0n) is 14.7. The molecule has 2 rings (SSSR count). The second-order valence-corrected chi connectivity index (χ2v) is 5.80. The maximum Gasteiger partial charge on any atom is 0.224 e. The molecule has 0 saturated carbocycles. The Morgan fingerprint density at radius 3 is 2.28 bits per heavy atom. The first-order valence-corrected chi connectivity index (χ1v) is 8.08. The van der Waals surface area contributed by atoms with Crippen LogP contribution in [0.3, 0.4) is 0 Å². The molecule has 0 aliphatic carbocycles. The van der Waals surface area contributed by atoms with Crippen molar-refractivity contribution in [3.63, 3.8) is 0 Å². The first-order chi connectivity index (χ1) is 12.0. The van der Waals surface area contributed by atoms with Crippen molar-refractivity contribution in [3.8, 4) is 11.5 Å². The summed E-state index contributed by atoms with van der Waals surface area (Å²) in [6.45, 7) is 1.52. The number of hydrogen-bond acceptors (Lipinski definition) is 4. The van der Waals surface area contributed by atoms with E-state index in [-0.39, 0.29) is 30.6 Å². The summed E-state index contributed by atoms with van der Waals surface area (Å²) >= 11 is 0. The summed E-state index contributed by atoms with van der Waals surface area (Å²) in [6, 6.07) is 14.5. The number of ketones is 1. The van der Waals surface area contributed by atoms with Crippen molar-refractivity contribution >= 4 is 11.7 Å². The lowest BCUT2D eigenvalue weighted by molar-refractivity contribution is -0.122. The lowest BCUT2D eigenvalue weighted by atomic mass is 10.0. The molecular formula is C20H23NO4. The van der Waals surface area contributed by atoms with Crippen molar-refractivity contribution in [1.82, 2.24) is 5.32 Å². The number of carbonyl (C=O) groups excluding carboxylic acids is 2. The molecule has 0 unspecified atom stereocenters. The SMILES string of the molecule is COc1ccc(CC(=O)N[C@@H](CC(C)=O)c2ccccc2)cc1OC. The fraction of sp³-hybridized carbons (Fsp3) is 0.300. The van der Waals surface area contributed by atoms with Crippen LogP contribution >= 0.6 is 0 Å². The van der Waals surface area contributed by atoms with Gasteiger partial charge in [0.1, 0.15) is 5.78 Å². The molecule has 2 aromatic carbocycles.